The van der Waals surface area contributed by atoms with E-state index in [1.807, 2.05) is 22.7 Å². The van der Waals surface area contributed by atoms with Gasteiger partial charge in [0.25, 0.3) is 0 Å². The molecule has 0 aliphatic rings. The van der Waals surface area contributed by atoms with Crippen LogP contribution in [0.5, 0.6) is 0 Å². The van der Waals surface area contributed by atoms with Crippen molar-refractivity contribution in [3.63, 3.8) is 0 Å². The van der Waals surface area contributed by atoms with E-state index in [1.165, 1.54) is 25.7 Å². The highest BCUT2D eigenvalue weighted by Crippen LogP contribution is 2.34. The van der Waals surface area contributed by atoms with Gasteiger partial charge in [-0.2, -0.15) is 0 Å². The third kappa shape index (κ3) is 0.960. The highest BCUT2D eigenvalue weighted by atomic mass is 32.1. The molecule has 3 rings (SSSR count). The van der Waals surface area contributed by atoms with Crippen LogP contribution in [0.2, 0.25) is 0 Å². The minimum atomic E-state index is 1.40. The van der Waals surface area contributed by atoms with Gasteiger partial charge in [0, 0.05) is 20.2 Å². The summed E-state index contributed by atoms with van der Waals surface area (Å²) in [6.07, 6.45) is 0. The van der Waals surface area contributed by atoms with Crippen molar-refractivity contribution in [3.8, 4) is 0 Å². The van der Waals surface area contributed by atoms with Crippen LogP contribution in [0.15, 0.2) is 29.0 Å². The molecule has 0 N–H and O–H groups in total. The Kier molecular flexibility index (Phi) is 1.49. The molecule has 0 aliphatic heterocycles. The summed E-state index contributed by atoms with van der Waals surface area (Å²) in [4.78, 5) is 0. The average Bonchev–Trinajstić information content (AvgIpc) is 2.66. The third-order valence-corrected chi connectivity index (χ3v) is 4.27. The molecule has 0 atom stereocenters. The standard InChI is InChI=1S/C11H8S2/c1-7-6-10-8(2-4-12-10)9-3-5-13-11(7)9/h2-6H,1H3. The SMILES string of the molecule is Cc1cc2sccc2c2ccsc12. The first-order valence-corrected chi connectivity index (χ1v) is 5.96. The van der Waals surface area contributed by atoms with Crippen LogP contribution in [0.3, 0.4) is 0 Å². The molecule has 0 radical (unpaired) electrons. The molecule has 0 saturated carbocycles. The molecule has 2 aromatic heterocycles. The summed E-state index contributed by atoms with van der Waals surface area (Å²) in [6, 6.07) is 6.73. The average molecular weight is 204 g/mol. The van der Waals surface area contributed by atoms with E-state index in [4.69, 9.17) is 0 Å². The summed E-state index contributed by atoms with van der Waals surface area (Å²) in [5.41, 5.74) is 1.40. The van der Waals surface area contributed by atoms with Gasteiger partial charge in [-0.3, -0.25) is 0 Å². The van der Waals surface area contributed by atoms with Gasteiger partial charge in [-0.05, 0) is 41.4 Å². The van der Waals surface area contributed by atoms with E-state index >= 15 is 0 Å². The molecule has 2 heteroatoms. The predicted octanol–water partition coefficient (Wildman–Crippen LogP) is 4.42. The van der Waals surface area contributed by atoms with Crippen LogP contribution in [-0.2, 0) is 0 Å². The van der Waals surface area contributed by atoms with Gasteiger partial charge in [0.15, 0.2) is 0 Å². The topological polar surface area (TPSA) is 0 Å². The van der Waals surface area contributed by atoms with Crippen LogP contribution >= 0.6 is 22.7 Å². The molecule has 3 aromatic rings. The molecular formula is C11H8S2. The van der Waals surface area contributed by atoms with E-state index in [0.717, 1.165) is 0 Å². The fourth-order valence-corrected chi connectivity index (χ4v) is 3.53. The van der Waals surface area contributed by atoms with E-state index < -0.39 is 0 Å². The lowest BCUT2D eigenvalue weighted by Crippen LogP contribution is -1.71. The minimum absolute atomic E-state index is 1.40. The number of benzene rings is 1. The predicted molar refractivity (Wildman–Crippen MR) is 61.9 cm³/mol. The summed E-state index contributed by atoms with van der Waals surface area (Å²) in [5, 5.41) is 7.17. The fraction of sp³-hybridized carbons (Fsp3) is 0.0909. The molecule has 0 bridgehead atoms. The quantitative estimate of drug-likeness (QED) is 0.508. The number of aryl methyl sites for hydroxylation is 1. The zero-order chi connectivity index (χ0) is 8.84. The number of rotatable bonds is 0. The Balaban J connectivity index is 2.70. The van der Waals surface area contributed by atoms with Crippen molar-refractivity contribution in [2.45, 2.75) is 6.92 Å². The third-order valence-electron chi connectivity index (χ3n) is 2.36. The van der Waals surface area contributed by atoms with Crippen molar-refractivity contribution >= 4 is 42.8 Å². The largest absolute Gasteiger partial charge is 0.144 e. The molecule has 0 spiro atoms. The first-order valence-electron chi connectivity index (χ1n) is 4.20. The Hall–Kier alpha value is -0.860. The van der Waals surface area contributed by atoms with E-state index in [-0.39, 0.29) is 0 Å². The number of fused-ring (bicyclic) bond motifs is 3. The summed E-state index contributed by atoms with van der Waals surface area (Å²) in [6.45, 7) is 2.19. The zero-order valence-electron chi connectivity index (χ0n) is 7.20. The van der Waals surface area contributed by atoms with Crippen molar-refractivity contribution in [1.29, 1.82) is 0 Å². The van der Waals surface area contributed by atoms with Gasteiger partial charge >= 0.3 is 0 Å². The van der Waals surface area contributed by atoms with Crippen LogP contribution in [0.25, 0.3) is 20.2 Å². The Bertz CT molecular complexity index is 572. The van der Waals surface area contributed by atoms with Gasteiger partial charge in [-0.1, -0.05) is 0 Å². The molecule has 64 valence electrons. The van der Waals surface area contributed by atoms with Gasteiger partial charge in [0.1, 0.15) is 0 Å². The van der Waals surface area contributed by atoms with Crippen LogP contribution < -0.4 is 0 Å². The second-order valence-electron chi connectivity index (χ2n) is 3.19. The van der Waals surface area contributed by atoms with E-state index in [0.29, 0.717) is 0 Å². The first-order chi connectivity index (χ1) is 6.36. The summed E-state index contributed by atoms with van der Waals surface area (Å²) < 4.78 is 2.84. The van der Waals surface area contributed by atoms with Gasteiger partial charge in [-0.25, -0.2) is 0 Å². The Morgan fingerprint density at radius 1 is 1.00 bits per heavy atom. The van der Waals surface area contributed by atoms with E-state index in [2.05, 4.69) is 35.9 Å². The van der Waals surface area contributed by atoms with Gasteiger partial charge in [0.2, 0.25) is 0 Å². The minimum Gasteiger partial charge on any atom is -0.144 e. The van der Waals surface area contributed by atoms with Crippen molar-refractivity contribution in [2.24, 2.45) is 0 Å². The van der Waals surface area contributed by atoms with Crippen molar-refractivity contribution in [3.05, 3.63) is 34.5 Å². The van der Waals surface area contributed by atoms with Gasteiger partial charge < -0.3 is 0 Å². The molecule has 2 heterocycles. The van der Waals surface area contributed by atoms with Crippen LogP contribution in [0.4, 0.5) is 0 Å². The van der Waals surface area contributed by atoms with Crippen molar-refractivity contribution < 1.29 is 0 Å². The first kappa shape index (κ1) is 7.54. The van der Waals surface area contributed by atoms with Gasteiger partial charge in [-0.15, -0.1) is 22.7 Å². The molecule has 0 fully saturated rings. The zero-order valence-corrected chi connectivity index (χ0v) is 8.84. The van der Waals surface area contributed by atoms with E-state index in [9.17, 15) is 0 Å². The molecular weight excluding hydrogens is 196 g/mol. The number of hydrogen-bond acceptors (Lipinski definition) is 2. The Morgan fingerprint density at radius 2 is 1.77 bits per heavy atom. The normalized spacial score (nSPS) is 11.5. The Morgan fingerprint density at radius 3 is 2.69 bits per heavy atom. The van der Waals surface area contributed by atoms with Crippen molar-refractivity contribution in [2.75, 3.05) is 0 Å². The molecule has 0 unspecified atom stereocenters. The lowest BCUT2D eigenvalue weighted by atomic mass is 10.1. The number of thiophene rings is 2. The lowest BCUT2D eigenvalue weighted by Gasteiger charge is -1.97. The van der Waals surface area contributed by atoms with Crippen LogP contribution in [0.1, 0.15) is 5.56 Å². The summed E-state index contributed by atoms with van der Waals surface area (Å²) in [5.74, 6) is 0. The highest BCUT2D eigenvalue weighted by molar-refractivity contribution is 7.19. The molecule has 13 heavy (non-hydrogen) atoms. The maximum atomic E-state index is 2.29. The molecule has 1 aromatic carbocycles. The van der Waals surface area contributed by atoms with E-state index in [1.54, 1.807) is 0 Å². The maximum absolute atomic E-state index is 2.29. The fourth-order valence-electron chi connectivity index (χ4n) is 1.74. The molecule has 0 saturated heterocycles. The second-order valence-corrected chi connectivity index (χ2v) is 5.05. The summed E-state index contributed by atoms with van der Waals surface area (Å²) in [7, 11) is 0. The second kappa shape index (κ2) is 2.56. The Labute approximate surface area is 84.4 Å². The molecule has 0 aliphatic carbocycles. The molecule has 0 nitrogen and oxygen atoms in total. The highest BCUT2D eigenvalue weighted by Gasteiger charge is 2.04. The number of hydrogen-bond donors (Lipinski definition) is 0. The van der Waals surface area contributed by atoms with Crippen molar-refractivity contribution in [1.82, 2.24) is 0 Å². The monoisotopic (exact) mass is 204 g/mol. The van der Waals surface area contributed by atoms with Crippen LogP contribution in [0, 0.1) is 6.92 Å². The maximum Gasteiger partial charge on any atom is 0.0378 e. The smallest absolute Gasteiger partial charge is 0.0378 e. The van der Waals surface area contributed by atoms with Crippen LogP contribution in [-0.4, -0.2) is 0 Å². The molecule has 0 amide bonds. The summed E-state index contributed by atoms with van der Waals surface area (Å²) >= 11 is 3.66. The lowest BCUT2D eigenvalue weighted by molar-refractivity contribution is 1.60. The van der Waals surface area contributed by atoms with Gasteiger partial charge in [0.05, 0.1) is 0 Å².